The summed E-state index contributed by atoms with van der Waals surface area (Å²) < 4.78 is 0. The Morgan fingerprint density at radius 3 is 2.75 bits per heavy atom. The van der Waals surface area contributed by atoms with Gasteiger partial charge in [-0.3, -0.25) is 9.69 Å². The zero-order chi connectivity index (χ0) is 14.7. The summed E-state index contributed by atoms with van der Waals surface area (Å²) in [6.07, 6.45) is -0.908. The molecule has 0 saturated carbocycles. The first-order chi connectivity index (χ1) is 9.51. The first-order valence-electron chi connectivity index (χ1n) is 6.28. The molecule has 1 saturated heterocycles. The lowest BCUT2D eigenvalue weighted by Crippen LogP contribution is -2.55. The Bertz CT molecular complexity index is 497. The Morgan fingerprint density at radius 1 is 1.35 bits per heavy atom. The van der Waals surface area contributed by atoms with E-state index in [1.807, 2.05) is 4.90 Å². The average Bonchev–Trinajstić information content (AvgIpc) is 2.42. The van der Waals surface area contributed by atoms with E-state index in [2.05, 4.69) is 0 Å². The second-order valence-corrected chi connectivity index (χ2v) is 5.02. The van der Waals surface area contributed by atoms with Crippen LogP contribution in [0.4, 0.5) is 0 Å². The van der Waals surface area contributed by atoms with E-state index in [4.69, 9.17) is 11.6 Å². The number of carbonyl (C=O) groups is 1. The highest BCUT2D eigenvalue weighted by molar-refractivity contribution is 6.27. The molecule has 6 nitrogen and oxygen atoms in total. The Labute approximate surface area is 121 Å². The number of hydrogen-bond acceptors (Lipinski definition) is 5. The van der Waals surface area contributed by atoms with E-state index in [0.717, 1.165) is 0 Å². The van der Waals surface area contributed by atoms with Gasteiger partial charge in [0.2, 0.25) is 5.91 Å². The second-order valence-electron chi connectivity index (χ2n) is 4.75. The Balaban J connectivity index is 1.99. The first kappa shape index (κ1) is 14.9. The molecule has 1 aromatic rings. The lowest BCUT2D eigenvalue weighted by molar-refractivity contribution is -0.144. The fourth-order valence-electron chi connectivity index (χ4n) is 2.27. The molecule has 0 aliphatic carbocycles. The number of aliphatic hydroxyl groups excluding tert-OH is 1. The van der Waals surface area contributed by atoms with Gasteiger partial charge in [-0.1, -0.05) is 0 Å². The van der Waals surface area contributed by atoms with E-state index < -0.39 is 6.23 Å². The van der Waals surface area contributed by atoms with Crippen LogP contribution in [0.3, 0.4) is 0 Å². The summed E-state index contributed by atoms with van der Waals surface area (Å²) in [5.41, 5.74) is 0.578. The van der Waals surface area contributed by atoms with E-state index in [1.165, 1.54) is 23.1 Å². The molecule has 2 rings (SSSR count). The molecule has 1 fully saturated rings. The zero-order valence-corrected chi connectivity index (χ0v) is 11.6. The van der Waals surface area contributed by atoms with Crippen molar-refractivity contribution in [1.82, 2.24) is 9.80 Å². The molecule has 0 bridgehead atoms. The summed E-state index contributed by atoms with van der Waals surface area (Å²) >= 11 is 5.48. The number of alkyl halides is 1. The number of phenolic OH excluding ortho intramolecular Hbond substituents is 2. The number of β-amino-alcohol motifs (C(OH)–C–C–N with tert-alkyl or cyclic N) is 1. The van der Waals surface area contributed by atoms with Gasteiger partial charge in [0.15, 0.2) is 0 Å². The van der Waals surface area contributed by atoms with Crippen molar-refractivity contribution in [3.8, 4) is 11.5 Å². The summed E-state index contributed by atoms with van der Waals surface area (Å²) in [5.74, 6) is -0.269. The Hall–Kier alpha value is -1.50. The van der Waals surface area contributed by atoms with Crippen molar-refractivity contribution in [1.29, 1.82) is 0 Å². The van der Waals surface area contributed by atoms with Crippen LogP contribution in [0.15, 0.2) is 18.2 Å². The fourth-order valence-corrected chi connectivity index (χ4v) is 2.42. The first-order valence-corrected chi connectivity index (χ1v) is 6.81. The fraction of sp³-hybridized carbons (Fsp3) is 0.462. The largest absolute Gasteiger partial charge is 0.508 e. The molecular formula is C13H17ClN2O4. The van der Waals surface area contributed by atoms with Crippen molar-refractivity contribution in [2.24, 2.45) is 0 Å². The van der Waals surface area contributed by atoms with Crippen molar-refractivity contribution in [3.05, 3.63) is 23.8 Å². The number of carbonyl (C=O) groups excluding carboxylic acids is 1. The van der Waals surface area contributed by atoms with Gasteiger partial charge in [0, 0.05) is 31.7 Å². The number of aliphatic hydroxyl groups is 1. The van der Waals surface area contributed by atoms with E-state index in [1.54, 1.807) is 0 Å². The molecule has 1 aliphatic rings. The highest BCUT2D eigenvalue weighted by Gasteiger charge is 2.28. The quantitative estimate of drug-likeness (QED) is 0.552. The monoisotopic (exact) mass is 300 g/mol. The molecule has 1 aromatic carbocycles. The molecule has 20 heavy (non-hydrogen) atoms. The molecule has 110 valence electrons. The molecule has 3 N–H and O–H groups in total. The van der Waals surface area contributed by atoms with Crippen LogP contribution in [0.2, 0.25) is 0 Å². The molecule has 0 unspecified atom stereocenters. The molecule has 0 aromatic heterocycles. The molecular weight excluding hydrogens is 284 g/mol. The second kappa shape index (κ2) is 6.30. The highest BCUT2D eigenvalue weighted by atomic mass is 35.5. The van der Waals surface area contributed by atoms with Gasteiger partial charge < -0.3 is 20.2 Å². The maximum Gasteiger partial charge on any atom is 0.239 e. The minimum atomic E-state index is -0.908. The van der Waals surface area contributed by atoms with Crippen molar-refractivity contribution in [3.63, 3.8) is 0 Å². The SMILES string of the molecule is O=C(CCl)N1CCN(Cc2cc(O)ccc2O)C[C@@H]1O. The number of phenols is 2. The van der Waals surface area contributed by atoms with Crippen molar-refractivity contribution < 1.29 is 20.1 Å². The van der Waals surface area contributed by atoms with Gasteiger partial charge in [-0.2, -0.15) is 0 Å². The minimum Gasteiger partial charge on any atom is -0.508 e. The molecule has 0 radical (unpaired) electrons. The predicted octanol–water partition coefficient (Wildman–Crippen LogP) is 0.299. The van der Waals surface area contributed by atoms with Crippen LogP contribution in [0, 0.1) is 0 Å². The van der Waals surface area contributed by atoms with E-state index >= 15 is 0 Å². The number of hydrogen-bond donors (Lipinski definition) is 3. The Morgan fingerprint density at radius 2 is 2.10 bits per heavy atom. The van der Waals surface area contributed by atoms with Crippen LogP contribution in [0.5, 0.6) is 11.5 Å². The third-order valence-corrected chi connectivity index (χ3v) is 3.56. The lowest BCUT2D eigenvalue weighted by atomic mass is 10.1. The van der Waals surface area contributed by atoms with Gasteiger partial charge in [-0.25, -0.2) is 0 Å². The predicted molar refractivity (Wildman–Crippen MR) is 73.5 cm³/mol. The lowest BCUT2D eigenvalue weighted by Gasteiger charge is -2.38. The molecule has 7 heteroatoms. The van der Waals surface area contributed by atoms with Gasteiger partial charge >= 0.3 is 0 Å². The van der Waals surface area contributed by atoms with Gasteiger partial charge in [-0.15, -0.1) is 11.6 Å². The average molecular weight is 301 g/mol. The molecule has 1 atom stereocenters. The molecule has 0 spiro atoms. The van der Waals surface area contributed by atoms with Crippen LogP contribution >= 0.6 is 11.6 Å². The zero-order valence-electron chi connectivity index (χ0n) is 10.9. The number of rotatable bonds is 3. The third kappa shape index (κ3) is 3.33. The van der Waals surface area contributed by atoms with Gasteiger partial charge in [-0.05, 0) is 18.2 Å². The van der Waals surface area contributed by atoms with Gasteiger partial charge in [0.1, 0.15) is 23.6 Å². The maximum atomic E-state index is 11.5. The van der Waals surface area contributed by atoms with E-state index in [-0.39, 0.29) is 29.8 Å². The normalized spacial score (nSPS) is 20.1. The standard InChI is InChI=1S/C13H17ClN2O4/c14-6-12(19)16-4-3-15(8-13(16)20)7-9-5-10(17)1-2-11(9)18/h1-2,5,13,17-18,20H,3-4,6-8H2/t13-/m0/s1. The number of piperazine rings is 1. The summed E-state index contributed by atoms with van der Waals surface area (Å²) in [4.78, 5) is 14.7. The van der Waals surface area contributed by atoms with E-state index in [9.17, 15) is 20.1 Å². The van der Waals surface area contributed by atoms with Gasteiger partial charge in [0.25, 0.3) is 0 Å². The number of amides is 1. The third-order valence-electron chi connectivity index (χ3n) is 3.33. The summed E-state index contributed by atoms with van der Waals surface area (Å²) in [6.45, 7) is 1.61. The molecule has 1 aliphatic heterocycles. The van der Waals surface area contributed by atoms with Crippen LogP contribution in [0.25, 0.3) is 0 Å². The van der Waals surface area contributed by atoms with Crippen LogP contribution < -0.4 is 0 Å². The number of benzene rings is 1. The highest BCUT2D eigenvalue weighted by Crippen LogP contribution is 2.24. The van der Waals surface area contributed by atoms with Gasteiger partial charge in [0.05, 0.1) is 0 Å². The molecule has 1 heterocycles. The van der Waals surface area contributed by atoms with Crippen LogP contribution in [0.1, 0.15) is 5.56 Å². The summed E-state index contributed by atoms with van der Waals surface area (Å²) in [5, 5.41) is 29.1. The number of aromatic hydroxyl groups is 2. The number of nitrogens with zero attached hydrogens (tertiary/aromatic N) is 2. The minimum absolute atomic E-state index is 0.0781. The van der Waals surface area contributed by atoms with E-state index in [0.29, 0.717) is 25.2 Å². The molecule has 1 amide bonds. The van der Waals surface area contributed by atoms with Crippen LogP contribution in [-0.2, 0) is 11.3 Å². The topological polar surface area (TPSA) is 84.2 Å². The number of halogens is 1. The van der Waals surface area contributed by atoms with Crippen molar-refractivity contribution in [2.45, 2.75) is 12.8 Å². The summed E-state index contributed by atoms with van der Waals surface area (Å²) in [6, 6.07) is 4.32. The Kier molecular flexibility index (Phi) is 4.69. The summed E-state index contributed by atoms with van der Waals surface area (Å²) in [7, 11) is 0. The van der Waals surface area contributed by atoms with Crippen molar-refractivity contribution >= 4 is 17.5 Å². The van der Waals surface area contributed by atoms with Crippen LogP contribution in [-0.4, -0.2) is 62.8 Å². The smallest absolute Gasteiger partial charge is 0.239 e. The maximum absolute atomic E-state index is 11.5. The van der Waals surface area contributed by atoms with Crippen molar-refractivity contribution in [2.75, 3.05) is 25.5 Å².